The van der Waals surface area contributed by atoms with Crippen LogP contribution >= 0.6 is 0 Å². The average Bonchev–Trinajstić information content (AvgIpc) is 3.53. The lowest BCUT2D eigenvalue weighted by atomic mass is 10.00. The van der Waals surface area contributed by atoms with Gasteiger partial charge in [0.25, 0.3) is 0 Å². The number of aromatic nitrogens is 1. The van der Waals surface area contributed by atoms with Gasteiger partial charge >= 0.3 is 6.09 Å². The molecule has 11 nitrogen and oxygen atoms in total. The number of nitrogen functional groups attached to an aromatic ring is 1. The van der Waals surface area contributed by atoms with Gasteiger partial charge < -0.3 is 25.4 Å². The molecule has 0 aliphatic carbocycles. The van der Waals surface area contributed by atoms with E-state index >= 15 is 4.39 Å². The van der Waals surface area contributed by atoms with Gasteiger partial charge in [0, 0.05) is 35.1 Å². The van der Waals surface area contributed by atoms with Crippen molar-refractivity contribution >= 4 is 49.8 Å². The lowest BCUT2D eigenvalue weighted by Gasteiger charge is -2.32. The van der Waals surface area contributed by atoms with Crippen LogP contribution in [0, 0.1) is 5.82 Å². The zero-order chi connectivity index (χ0) is 33.2. The SMILES string of the molecule is COC(=O)Nc1ccc(S(=O)(=O)C(C)C)c(C2CCCN2C(=O)C(Nc2ccc3c(N)nccc3c2)c2cc(OC)ccc2F)c1. The maximum absolute atomic E-state index is 15.5. The van der Waals surface area contributed by atoms with Crippen LogP contribution in [0.5, 0.6) is 5.75 Å². The number of nitrogens with two attached hydrogens (primary N) is 1. The number of ether oxygens (including phenoxy) is 2. The number of amides is 2. The molecule has 4 N–H and O–H groups in total. The number of pyridine rings is 1. The highest BCUT2D eigenvalue weighted by molar-refractivity contribution is 7.92. The highest BCUT2D eigenvalue weighted by Gasteiger charge is 2.39. The molecule has 1 aliphatic rings. The Bertz CT molecular complexity index is 1900. The van der Waals surface area contributed by atoms with Crippen molar-refractivity contribution in [2.24, 2.45) is 0 Å². The lowest BCUT2D eigenvalue weighted by molar-refractivity contribution is -0.133. The summed E-state index contributed by atoms with van der Waals surface area (Å²) >= 11 is 0. The first kappa shape index (κ1) is 32.5. The number of hydrogen-bond acceptors (Lipinski definition) is 9. The predicted molar refractivity (Wildman–Crippen MR) is 174 cm³/mol. The molecule has 0 bridgehead atoms. The molecule has 4 aromatic rings. The van der Waals surface area contributed by atoms with E-state index in [1.54, 1.807) is 55.3 Å². The standard InChI is InChI=1S/C33H36FN5O6S/c1-19(2)46(42,43)29-12-8-22(38-33(41)45-4)17-26(29)28-6-5-15-39(28)32(40)30(25-18-23(44-3)9-11-27(25)34)37-21-7-10-24-20(16-21)13-14-36-31(24)35/h7-14,16-19,28,30,37H,5-6,15H2,1-4H3,(H2,35,36)(H,38,41). The van der Waals surface area contributed by atoms with Gasteiger partial charge in [0.15, 0.2) is 9.84 Å². The number of hydrogen-bond donors (Lipinski definition) is 3. The molecule has 1 saturated heterocycles. The summed E-state index contributed by atoms with van der Waals surface area (Å²) in [6.45, 7) is 3.45. The first-order valence-corrected chi connectivity index (χ1v) is 16.3. The molecule has 1 aliphatic heterocycles. The summed E-state index contributed by atoms with van der Waals surface area (Å²) in [6.07, 6.45) is 1.87. The summed E-state index contributed by atoms with van der Waals surface area (Å²) in [7, 11) is -1.13. The molecule has 1 fully saturated rings. The Balaban J connectivity index is 1.60. The third-order valence-corrected chi connectivity index (χ3v) is 10.4. The second-order valence-electron chi connectivity index (χ2n) is 11.2. The fraction of sp³-hybridized carbons (Fsp3) is 0.303. The number of carbonyl (C=O) groups is 2. The summed E-state index contributed by atoms with van der Waals surface area (Å²) < 4.78 is 52.6. The Morgan fingerprint density at radius 3 is 2.52 bits per heavy atom. The van der Waals surface area contributed by atoms with Crippen LogP contribution < -0.4 is 21.1 Å². The predicted octanol–water partition coefficient (Wildman–Crippen LogP) is 5.84. The van der Waals surface area contributed by atoms with Gasteiger partial charge in [-0.1, -0.05) is 0 Å². The second-order valence-corrected chi connectivity index (χ2v) is 13.7. The van der Waals surface area contributed by atoms with Crippen LogP contribution in [0.4, 0.5) is 26.4 Å². The van der Waals surface area contributed by atoms with Gasteiger partial charge in [0.05, 0.1) is 30.4 Å². The number of anilines is 3. The molecule has 13 heteroatoms. The van der Waals surface area contributed by atoms with E-state index in [1.807, 2.05) is 0 Å². The Morgan fingerprint density at radius 2 is 1.80 bits per heavy atom. The molecule has 2 heterocycles. The summed E-state index contributed by atoms with van der Waals surface area (Å²) in [4.78, 5) is 32.3. The van der Waals surface area contributed by atoms with E-state index in [2.05, 4.69) is 15.6 Å². The maximum atomic E-state index is 15.5. The van der Waals surface area contributed by atoms with Gasteiger partial charge in [-0.3, -0.25) is 10.1 Å². The molecule has 2 atom stereocenters. The molecule has 1 aromatic heterocycles. The van der Waals surface area contributed by atoms with Crippen molar-refractivity contribution in [3.05, 3.63) is 83.8 Å². The number of halogens is 1. The van der Waals surface area contributed by atoms with Crippen LogP contribution in [0.1, 0.15) is 49.9 Å². The average molecular weight is 650 g/mol. The monoisotopic (exact) mass is 649 g/mol. The third-order valence-electron chi connectivity index (χ3n) is 8.13. The zero-order valence-electron chi connectivity index (χ0n) is 25.9. The number of rotatable bonds is 9. The molecule has 46 heavy (non-hydrogen) atoms. The van der Waals surface area contributed by atoms with Gasteiger partial charge in [-0.15, -0.1) is 0 Å². The van der Waals surface area contributed by atoms with Crippen molar-refractivity contribution in [2.75, 3.05) is 37.1 Å². The number of fused-ring (bicyclic) bond motifs is 1. The summed E-state index contributed by atoms with van der Waals surface area (Å²) in [5.41, 5.74) is 7.28. The van der Waals surface area contributed by atoms with Gasteiger partial charge in [0.1, 0.15) is 23.4 Å². The Labute approximate surface area is 266 Å². The number of benzene rings is 3. The van der Waals surface area contributed by atoms with Gasteiger partial charge in [-0.2, -0.15) is 0 Å². The van der Waals surface area contributed by atoms with Gasteiger partial charge in [-0.05, 0) is 98.3 Å². The fourth-order valence-electron chi connectivity index (χ4n) is 5.69. The Morgan fingerprint density at radius 1 is 1.04 bits per heavy atom. The van der Waals surface area contributed by atoms with E-state index in [0.29, 0.717) is 47.9 Å². The zero-order valence-corrected chi connectivity index (χ0v) is 26.7. The fourth-order valence-corrected chi connectivity index (χ4v) is 6.98. The van der Waals surface area contributed by atoms with Gasteiger partial charge in [0.2, 0.25) is 5.91 Å². The van der Waals surface area contributed by atoms with Crippen molar-refractivity contribution in [1.29, 1.82) is 0 Å². The van der Waals surface area contributed by atoms with E-state index in [1.165, 1.54) is 44.6 Å². The van der Waals surface area contributed by atoms with Crippen molar-refractivity contribution in [3.8, 4) is 5.75 Å². The molecule has 3 aromatic carbocycles. The molecule has 0 saturated carbocycles. The minimum atomic E-state index is -3.80. The van der Waals surface area contributed by atoms with Crippen LogP contribution in [0.25, 0.3) is 10.8 Å². The third kappa shape index (κ3) is 6.41. The van der Waals surface area contributed by atoms with Crippen LogP contribution in [-0.4, -0.2) is 56.3 Å². The van der Waals surface area contributed by atoms with Crippen LogP contribution in [-0.2, 0) is 19.4 Å². The van der Waals surface area contributed by atoms with E-state index < -0.39 is 45.0 Å². The van der Waals surface area contributed by atoms with Crippen LogP contribution in [0.3, 0.4) is 0 Å². The number of likely N-dealkylation sites (tertiary alicyclic amines) is 1. The maximum Gasteiger partial charge on any atom is 0.411 e. The Kier molecular flexibility index (Phi) is 9.33. The second kappa shape index (κ2) is 13.2. The molecule has 242 valence electrons. The minimum absolute atomic E-state index is 0.0559. The number of methoxy groups -OCH3 is 2. The normalized spacial score (nSPS) is 15.5. The molecular formula is C33H36FN5O6S. The highest BCUT2D eigenvalue weighted by Crippen LogP contribution is 2.40. The summed E-state index contributed by atoms with van der Waals surface area (Å²) in [5.74, 6) is -0.378. The van der Waals surface area contributed by atoms with Crippen molar-refractivity contribution in [3.63, 3.8) is 0 Å². The number of sulfone groups is 1. The molecule has 0 radical (unpaired) electrons. The number of nitrogens with zero attached hydrogens (tertiary/aromatic N) is 2. The van der Waals surface area contributed by atoms with Crippen molar-refractivity contribution in [2.45, 2.75) is 48.9 Å². The largest absolute Gasteiger partial charge is 0.497 e. The van der Waals surface area contributed by atoms with Crippen LogP contribution in [0.15, 0.2) is 71.8 Å². The first-order valence-electron chi connectivity index (χ1n) is 14.7. The molecular weight excluding hydrogens is 613 g/mol. The summed E-state index contributed by atoms with van der Waals surface area (Å²) in [5, 5.41) is 6.55. The van der Waals surface area contributed by atoms with Crippen molar-refractivity contribution in [1.82, 2.24) is 9.88 Å². The molecule has 2 unspecified atom stereocenters. The Hall–Kier alpha value is -4.91. The minimum Gasteiger partial charge on any atom is -0.497 e. The van der Waals surface area contributed by atoms with E-state index in [4.69, 9.17) is 15.2 Å². The molecule has 5 rings (SSSR count). The molecule has 2 amide bonds. The van der Waals surface area contributed by atoms with Gasteiger partial charge in [-0.25, -0.2) is 22.6 Å². The van der Waals surface area contributed by atoms with Crippen LogP contribution in [0.2, 0.25) is 0 Å². The van der Waals surface area contributed by atoms with E-state index in [-0.39, 0.29) is 10.5 Å². The topological polar surface area (TPSA) is 153 Å². The molecule has 0 spiro atoms. The highest BCUT2D eigenvalue weighted by atomic mass is 32.2. The quantitative estimate of drug-likeness (QED) is 0.203. The van der Waals surface area contributed by atoms with E-state index in [9.17, 15) is 18.0 Å². The van der Waals surface area contributed by atoms with E-state index in [0.717, 1.165) is 10.8 Å². The number of carbonyl (C=O) groups excluding carboxylic acids is 2. The first-order chi connectivity index (χ1) is 21.9. The summed E-state index contributed by atoms with van der Waals surface area (Å²) in [6, 6.07) is 13.8. The number of nitrogens with one attached hydrogen (secondary N) is 2. The lowest BCUT2D eigenvalue weighted by Crippen LogP contribution is -2.38. The van der Waals surface area contributed by atoms with Crippen molar-refractivity contribution < 1.29 is 31.9 Å². The smallest absolute Gasteiger partial charge is 0.411 e.